The van der Waals surface area contributed by atoms with Gasteiger partial charge in [-0.15, -0.1) is 0 Å². The van der Waals surface area contributed by atoms with Crippen molar-refractivity contribution in [3.63, 3.8) is 0 Å². The maximum absolute atomic E-state index is 11.5. The number of ether oxygens (including phenoxy) is 2. The van der Waals surface area contributed by atoms with Crippen molar-refractivity contribution >= 4 is 5.97 Å². The van der Waals surface area contributed by atoms with Crippen molar-refractivity contribution in [1.29, 1.82) is 5.26 Å². The number of aliphatic hydroxyl groups is 1. The molecule has 5 heteroatoms. The van der Waals surface area contributed by atoms with Gasteiger partial charge in [-0.2, -0.15) is 5.26 Å². The second kappa shape index (κ2) is 10.4. The maximum atomic E-state index is 11.5. The third-order valence-electron chi connectivity index (χ3n) is 3.13. The molecule has 0 saturated carbocycles. The molecule has 0 aromatic heterocycles. The van der Waals surface area contributed by atoms with Gasteiger partial charge in [0.05, 0.1) is 25.2 Å². The standard InChI is InChI=1S/C18H23NO4/c1-3-6-14(11-18(21)22-4-2)13-23-16-8-5-7-15(12-16)17(20)9-10-19/h5,7-8,11-12,17,20H,3-4,6,9,13H2,1-2H3/b14-11+. The van der Waals surface area contributed by atoms with Crippen LogP contribution in [0.2, 0.25) is 0 Å². The highest BCUT2D eigenvalue weighted by Gasteiger charge is 2.09. The minimum Gasteiger partial charge on any atom is -0.489 e. The summed E-state index contributed by atoms with van der Waals surface area (Å²) in [7, 11) is 0. The Morgan fingerprint density at radius 2 is 2.22 bits per heavy atom. The first-order chi connectivity index (χ1) is 11.1. The van der Waals surface area contributed by atoms with Crippen molar-refractivity contribution in [1.82, 2.24) is 0 Å². The summed E-state index contributed by atoms with van der Waals surface area (Å²) in [5.41, 5.74) is 1.49. The average Bonchev–Trinajstić information content (AvgIpc) is 2.53. The second-order valence-corrected chi connectivity index (χ2v) is 5.04. The van der Waals surface area contributed by atoms with Gasteiger partial charge in [0, 0.05) is 6.08 Å². The van der Waals surface area contributed by atoms with E-state index in [0.29, 0.717) is 17.9 Å². The summed E-state index contributed by atoms with van der Waals surface area (Å²) in [5.74, 6) is 0.225. The average molecular weight is 317 g/mol. The largest absolute Gasteiger partial charge is 0.489 e. The van der Waals surface area contributed by atoms with E-state index < -0.39 is 6.10 Å². The molecule has 0 spiro atoms. The van der Waals surface area contributed by atoms with Crippen molar-refractivity contribution in [2.75, 3.05) is 13.2 Å². The molecule has 0 heterocycles. The third-order valence-corrected chi connectivity index (χ3v) is 3.13. The van der Waals surface area contributed by atoms with Crippen LogP contribution in [-0.4, -0.2) is 24.3 Å². The van der Waals surface area contributed by atoms with Gasteiger partial charge in [-0.05, 0) is 36.6 Å². The topological polar surface area (TPSA) is 79.6 Å². The fourth-order valence-corrected chi connectivity index (χ4v) is 2.05. The van der Waals surface area contributed by atoms with Crippen LogP contribution in [-0.2, 0) is 9.53 Å². The molecule has 0 saturated heterocycles. The molecule has 0 radical (unpaired) electrons. The molecular weight excluding hydrogens is 294 g/mol. The first kappa shape index (κ1) is 18.7. The Hall–Kier alpha value is -2.32. The van der Waals surface area contributed by atoms with E-state index in [4.69, 9.17) is 14.7 Å². The van der Waals surface area contributed by atoms with E-state index in [-0.39, 0.29) is 19.0 Å². The molecule has 23 heavy (non-hydrogen) atoms. The summed E-state index contributed by atoms with van der Waals surface area (Å²) >= 11 is 0. The second-order valence-electron chi connectivity index (χ2n) is 5.04. The molecule has 0 bridgehead atoms. The normalized spacial score (nSPS) is 12.3. The minimum atomic E-state index is -0.825. The van der Waals surface area contributed by atoms with Gasteiger partial charge < -0.3 is 14.6 Å². The summed E-state index contributed by atoms with van der Waals surface area (Å²) in [6.07, 6.45) is 2.33. The van der Waals surface area contributed by atoms with E-state index in [2.05, 4.69) is 0 Å². The summed E-state index contributed by atoms with van der Waals surface area (Å²) in [6, 6.07) is 8.92. The molecule has 1 N–H and O–H groups in total. The predicted octanol–water partition coefficient (Wildman–Crippen LogP) is 3.30. The monoisotopic (exact) mass is 317 g/mol. The molecule has 1 rings (SSSR count). The highest BCUT2D eigenvalue weighted by molar-refractivity contribution is 5.82. The molecule has 124 valence electrons. The van der Waals surface area contributed by atoms with Crippen LogP contribution < -0.4 is 4.74 Å². The number of benzene rings is 1. The van der Waals surface area contributed by atoms with Crippen LogP contribution in [0.4, 0.5) is 0 Å². The van der Waals surface area contributed by atoms with Gasteiger partial charge >= 0.3 is 5.97 Å². The number of hydrogen-bond acceptors (Lipinski definition) is 5. The molecule has 0 aliphatic carbocycles. The number of rotatable bonds is 9. The van der Waals surface area contributed by atoms with Gasteiger partial charge in [0.1, 0.15) is 12.4 Å². The third kappa shape index (κ3) is 6.98. The SMILES string of the molecule is CCC/C(=C\C(=O)OCC)COc1cccc(C(O)CC#N)c1. The van der Waals surface area contributed by atoms with Gasteiger partial charge in [0.2, 0.25) is 0 Å². The van der Waals surface area contributed by atoms with Crippen LogP contribution in [0.25, 0.3) is 0 Å². The van der Waals surface area contributed by atoms with Crippen molar-refractivity contribution in [3.8, 4) is 11.8 Å². The zero-order valence-electron chi connectivity index (χ0n) is 13.6. The van der Waals surface area contributed by atoms with Crippen LogP contribution >= 0.6 is 0 Å². The number of aliphatic hydroxyl groups excluding tert-OH is 1. The quantitative estimate of drug-likeness (QED) is 0.558. The highest BCUT2D eigenvalue weighted by atomic mass is 16.5. The molecule has 0 aliphatic rings. The van der Waals surface area contributed by atoms with Crippen LogP contribution in [0.3, 0.4) is 0 Å². The molecule has 0 aliphatic heterocycles. The Morgan fingerprint density at radius 3 is 2.87 bits per heavy atom. The van der Waals surface area contributed by atoms with E-state index in [1.807, 2.05) is 13.0 Å². The predicted molar refractivity (Wildman–Crippen MR) is 86.8 cm³/mol. The summed E-state index contributed by atoms with van der Waals surface area (Å²) < 4.78 is 10.6. The number of carbonyl (C=O) groups excluding carboxylic acids is 1. The Morgan fingerprint density at radius 1 is 1.43 bits per heavy atom. The number of hydrogen-bond donors (Lipinski definition) is 1. The lowest BCUT2D eigenvalue weighted by molar-refractivity contribution is -0.137. The zero-order chi connectivity index (χ0) is 17.1. The van der Waals surface area contributed by atoms with Gasteiger partial charge in [0.15, 0.2) is 0 Å². The van der Waals surface area contributed by atoms with Gasteiger partial charge in [-0.1, -0.05) is 25.5 Å². The van der Waals surface area contributed by atoms with Crippen molar-refractivity contribution < 1.29 is 19.4 Å². The Labute approximate surface area is 137 Å². The summed E-state index contributed by atoms with van der Waals surface area (Å²) in [6.45, 7) is 4.41. The molecule has 0 fully saturated rings. The molecule has 1 aromatic carbocycles. The zero-order valence-corrected chi connectivity index (χ0v) is 13.6. The smallest absolute Gasteiger partial charge is 0.330 e. The van der Waals surface area contributed by atoms with Gasteiger partial charge in [-0.25, -0.2) is 4.79 Å². The molecule has 1 unspecified atom stereocenters. The van der Waals surface area contributed by atoms with E-state index in [1.165, 1.54) is 6.08 Å². The lowest BCUT2D eigenvalue weighted by Crippen LogP contribution is -2.07. The van der Waals surface area contributed by atoms with Crippen LogP contribution in [0.1, 0.15) is 44.8 Å². The van der Waals surface area contributed by atoms with Crippen molar-refractivity contribution in [3.05, 3.63) is 41.5 Å². The van der Waals surface area contributed by atoms with E-state index in [0.717, 1.165) is 18.4 Å². The fourth-order valence-electron chi connectivity index (χ4n) is 2.05. The van der Waals surface area contributed by atoms with Crippen LogP contribution in [0.15, 0.2) is 35.9 Å². The van der Waals surface area contributed by atoms with Crippen molar-refractivity contribution in [2.45, 2.75) is 39.2 Å². The van der Waals surface area contributed by atoms with E-state index >= 15 is 0 Å². The molecule has 1 aromatic rings. The first-order valence-corrected chi connectivity index (χ1v) is 7.74. The molecular formula is C18H23NO4. The molecule has 5 nitrogen and oxygen atoms in total. The van der Waals surface area contributed by atoms with E-state index in [9.17, 15) is 9.90 Å². The number of nitriles is 1. The Balaban J connectivity index is 2.72. The lowest BCUT2D eigenvalue weighted by Gasteiger charge is -2.12. The minimum absolute atomic E-state index is 0.0350. The Bertz CT molecular complexity index is 575. The molecule has 0 amide bonds. The van der Waals surface area contributed by atoms with Gasteiger partial charge in [0.25, 0.3) is 0 Å². The summed E-state index contributed by atoms with van der Waals surface area (Å²) in [5, 5.41) is 18.5. The van der Waals surface area contributed by atoms with Crippen LogP contribution in [0, 0.1) is 11.3 Å². The first-order valence-electron chi connectivity index (χ1n) is 7.74. The van der Waals surface area contributed by atoms with E-state index in [1.54, 1.807) is 31.2 Å². The fraction of sp³-hybridized carbons (Fsp3) is 0.444. The number of esters is 1. The lowest BCUT2D eigenvalue weighted by atomic mass is 10.1. The highest BCUT2D eigenvalue weighted by Crippen LogP contribution is 2.22. The number of carbonyl (C=O) groups is 1. The maximum Gasteiger partial charge on any atom is 0.330 e. The Kier molecular flexibility index (Phi) is 8.48. The number of nitrogens with zero attached hydrogens (tertiary/aromatic N) is 1. The van der Waals surface area contributed by atoms with Crippen LogP contribution in [0.5, 0.6) is 5.75 Å². The summed E-state index contributed by atoms with van der Waals surface area (Å²) in [4.78, 5) is 11.5. The van der Waals surface area contributed by atoms with Crippen molar-refractivity contribution in [2.24, 2.45) is 0 Å². The molecule has 1 atom stereocenters. The van der Waals surface area contributed by atoms with Gasteiger partial charge in [-0.3, -0.25) is 0 Å².